The maximum absolute atomic E-state index is 10.3. The quantitative estimate of drug-likeness (QED) is 0.441. The van der Waals surface area contributed by atoms with E-state index in [0.29, 0.717) is 11.8 Å². The minimum Gasteiger partial charge on any atom is -0.504 e. The van der Waals surface area contributed by atoms with E-state index in [2.05, 4.69) is 0 Å². The molecule has 0 aliphatic heterocycles. The summed E-state index contributed by atoms with van der Waals surface area (Å²) in [6.07, 6.45) is 0.411. The summed E-state index contributed by atoms with van der Waals surface area (Å²) in [7, 11) is 0. The third-order valence-electron chi connectivity index (χ3n) is 1.49. The lowest BCUT2D eigenvalue weighted by Gasteiger charge is -2.02. The smallest absolute Gasteiger partial charge is 0.168 e. The molecule has 0 amide bonds. The Morgan fingerprint density at radius 3 is 2.50 bits per heavy atom. The third-order valence-corrected chi connectivity index (χ3v) is 1.49. The van der Waals surface area contributed by atoms with Gasteiger partial charge in [-0.05, 0) is 17.7 Å². The SMILES string of the molecule is O=Cc1cc(CO)cc(O)c1O. The Morgan fingerprint density at radius 2 is 2.00 bits per heavy atom. The van der Waals surface area contributed by atoms with Gasteiger partial charge in [0, 0.05) is 0 Å². The third kappa shape index (κ3) is 1.38. The largest absolute Gasteiger partial charge is 0.504 e. The van der Waals surface area contributed by atoms with Gasteiger partial charge in [-0.3, -0.25) is 4.79 Å². The Kier molecular flexibility index (Phi) is 2.30. The maximum Gasteiger partial charge on any atom is 0.168 e. The second-order valence-corrected chi connectivity index (χ2v) is 2.33. The molecule has 0 aromatic heterocycles. The molecule has 0 saturated carbocycles. The zero-order valence-electron chi connectivity index (χ0n) is 6.19. The van der Waals surface area contributed by atoms with Crippen molar-refractivity contribution < 1.29 is 20.1 Å². The Balaban J connectivity index is 3.28. The molecule has 0 radical (unpaired) electrons. The van der Waals surface area contributed by atoms with Crippen LogP contribution in [-0.2, 0) is 6.61 Å². The minimum atomic E-state index is -0.456. The molecule has 1 aromatic carbocycles. The number of benzene rings is 1. The molecule has 3 N–H and O–H groups in total. The molecule has 0 aliphatic rings. The standard InChI is InChI=1S/C8H8O4/c9-3-5-1-6(4-10)8(12)7(11)2-5/h1-2,4,9,11-12H,3H2. The van der Waals surface area contributed by atoms with E-state index in [1.54, 1.807) is 0 Å². The predicted octanol–water partition coefficient (Wildman–Crippen LogP) is 0.403. The van der Waals surface area contributed by atoms with Crippen molar-refractivity contribution in [2.24, 2.45) is 0 Å². The van der Waals surface area contributed by atoms with Crippen LogP contribution in [-0.4, -0.2) is 21.6 Å². The maximum atomic E-state index is 10.3. The molecule has 1 rings (SSSR count). The molecule has 4 heteroatoms. The summed E-state index contributed by atoms with van der Waals surface area (Å²) in [6, 6.07) is 2.50. The molecule has 0 bridgehead atoms. The number of aromatic hydroxyl groups is 2. The average Bonchev–Trinajstić information content (AvgIpc) is 2.09. The first-order valence-electron chi connectivity index (χ1n) is 3.30. The Bertz CT molecular complexity index is 306. The number of hydrogen-bond donors (Lipinski definition) is 3. The first-order valence-corrected chi connectivity index (χ1v) is 3.30. The van der Waals surface area contributed by atoms with Gasteiger partial charge >= 0.3 is 0 Å². The second-order valence-electron chi connectivity index (χ2n) is 2.33. The fourth-order valence-electron chi connectivity index (χ4n) is 0.883. The highest BCUT2D eigenvalue weighted by molar-refractivity contribution is 5.81. The van der Waals surface area contributed by atoms with Crippen LogP contribution in [0, 0.1) is 0 Å². The monoisotopic (exact) mass is 168 g/mol. The van der Waals surface area contributed by atoms with Crippen molar-refractivity contribution >= 4 is 6.29 Å². The van der Waals surface area contributed by atoms with E-state index in [-0.39, 0.29) is 12.2 Å². The fraction of sp³-hybridized carbons (Fsp3) is 0.125. The molecule has 0 aliphatic carbocycles. The van der Waals surface area contributed by atoms with Gasteiger partial charge in [0.2, 0.25) is 0 Å². The van der Waals surface area contributed by atoms with E-state index < -0.39 is 11.5 Å². The fourth-order valence-corrected chi connectivity index (χ4v) is 0.883. The lowest BCUT2D eigenvalue weighted by atomic mass is 10.1. The lowest BCUT2D eigenvalue weighted by molar-refractivity contribution is 0.112. The van der Waals surface area contributed by atoms with Crippen LogP contribution >= 0.6 is 0 Å². The summed E-state index contributed by atoms with van der Waals surface area (Å²) >= 11 is 0. The van der Waals surface area contributed by atoms with Crippen molar-refractivity contribution in [2.75, 3.05) is 0 Å². The Hall–Kier alpha value is -1.55. The highest BCUT2D eigenvalue weighted by atomic mass is 16.3. The minimum absolute atomic E-state index is 0.0287. The number of aliphatic hydroxyl groups excluding tert-OH is 1. The molecular weight excluding hydrogens is 160 g/mol. The van der Waals surface area contributed by atoms with Crippen LogP contribution in [0.1, 0.15) is 15.9 Å². The van der Waals surface area contributed by atoms with Gasteiger partial charge < -0.3 is 15.3 Å². The number of aldehydes is 1. The zero-order chi connectivity index (χ0) is 9.14. The van der Waals surface area contributed by atoms with Crippen molar-refractivity contribution in [1.82, 2.24) is 0 Å². The molecule has 0 atom stereocenters. The molecule has 0 fully saturated rings. The summed E-state index contributed by atoms with van der Waals surface area (Å²) in [4.78, 5) is 10.3. The zero-order valence-corrected chi connectivity index (χ0v) is 6.19. The topological polar surface area (TPSA) is 77.8 Å². The van der Waals surface area contributed by atoms with E-state index in [1.165, 1.54) is 12.1 Å². The number of carbonyl (C=O) groups excluding carboxylic acids is 1. The van der Waals surface area contributed by atoms with Crippen molar-refractivity contribution in [3.05, 3.63) is 23.3 Å². The number of rotatable bonds is 2. The van der Waals surface area contributed by atoms with Crippen LogP contribution < -0.4 is 0 Å². The number of phenols is 2. The van der Waals surface area contributed by atoms with Gasteiger partial charge in [-0.1, -0.05) is 0 Å². The number of carbonyl (C=O) groups is 1. The van der Waals surface area contributed by atoms with Crippen molar-refractivity contribution in [3.63, 3.8) is 0 Å². The molecular formula is C8H8O4. The van der Waals surface area contributed by atoms with Gasteiger partial charge in [0.15, 0.2) is 17.8 Å². The van der Waals surface area contributed by atoms with Gasteiger partial charge in [0.25, 0.3) is 0 Å². The van der Waals surface area contributed by atoms with E-state index in [0.717, 1.165) is 0 Å². The van der Waals surface area contributed by atoms with Gasteiger partial charge in [0.1, 0.15) is 0 Å². The van der Waals surface area contributed by atoms with Crippen LogP contribution in [0.4, 0.5) is 0 Å². The molecule has 0 spiro atoms. The Labute approximate surface area is 68.7 Å². The molecule has 4 nitrogen and oxygen atoms in total. The van der Waals surface area contributed by atoms with Crippen molar-refractivity contribution in [2.45, 2.75) is 6.61 Å². The molecule has 0 heterocycles. The van der Waals surface area contributed by atoms with Crippen LogP contribution in [0.25, 0.3) is 0 Å². The highest BCUT2D eigenvalue weighted by Crippen LogP contribution is 2.29. The normalized spacial score (nSPS) is 9.75. The van der Waals surface area contributed by atoms with Crippen LogP contribution in [0.5, 0.6) is 11.5 Å². The second kappa shape index (κ2) is 3.23. The number of hydrogen-bond acceptors (Lipinski definition) is 4. The van der Waals surface area contributed by atoms with Crippen molar-refractivity contribution in [1.29, 1.82) is 0 Å². The van der Waals surface area contributed by atoms with Gasteiger partial charge in [-0.15, -0.1) is 0 Å². The molecule has 1 aromatic rings. The summed E-state index contributed by atoms with van der Waals surface area (Å²) in [5.41, 5.74) is 0.353. The highest BCUT2D eigenvalue weighted by Gasteiger charge is 2.07. The summed E-state index contributed by atoms with van der Waals surface area (Å²) < 4.78 is 0. The molecule has 12 heavy (non-hydrogen) atoms. The summed E-state index contributed by atoms with van der Waals surface area (Å²) in [5, 5.41) is 26.7. The molecule has 0 unspecified atom stereocenters. The predicted molar refractivity (Wildman–Crippen MR) is 41.1 cm³/mol. The summed E-state index contributed by atoms with van der Waals surface area (Å²) in [6.45, 7) is -0.283. The first-order chi connectivity index (χ1) is 5.69. The van der Waals surface area contributed by atoms with E-state index in [1.807, 2.05) is 0 Å². The van der Waals surface area contributed by atoms with E-state index >= 15 is 0 Å². The average molecular weight is 168 g/mol. The van der Waals surface area contributed by atoms with Crippen LogP contribution in [0.3, 0.4) is 0 Å². The number of aliphatic hydroxyl groups is 1. The van der Waals surface area contributed by atoms with Crippen LogP contribution in [0.2, 0.25) is 0 Å². The number of phenolic OH excluding ortho intramolecular Hbond substituents is 2. The van der Waals surface area contributed by atoms with Gasteiger partial charge in [0.05, 0.1) is 12.2 Å². The lowest BCUT2D eigenvalue weighted by Crippen LogP contribution is -1.88. The van der Waals surface area contributed by atoms with Gasteiger partial charge in [-0.25, -0.2) is 0 Å². The van der Waals surface area contributed by atoms with Gasteiger partial charge in [-0.2, -0.15) is 0 Å². The first kappa shape index (κ1) is 8.55. The van der Waals surface area contributed by atoms with E-state index in [9.17, 15) is 4.79 Å². The van der Waals surface area contributed by atoms with E-state index in [4.69, 9.17) is 15.3 Å². The van der Waals surface area contributed by atoms with Crippen LogP contribution in [0.15, 0.2) is 12.1 Å². The Morgan fingerprint density at radius 1 is 1.33 bits per heavy atom. The molecule has 0 saturated heterocycles. The molecule has 64 valence electrons. The summed E-state index contributed by atoms with van der Waals surface area (Å²) in [5.74, 6) is -0.856. The van der Waals surface area contributed by atoms with Crippen molar-refractivity contribution in [3.8, 4) is 11.5 Å².